The molecule has 0 fully saturated rings. The van der Waals surface area contributed by atoms with Gasteiger partial charge in [-0.2, -0.15) is 5.26 Å². The maximum absolute atomic E-state index is 11.0. The maximum atomic E-state index is 11.0. The molecule has 0 radical (unpaired) electrons. The highest BCUT2D eigenvalue weighted by atomic mass is 16.3. The van der Waals surface area contributed by atoms with E-state index in [0.717, 1.165) is 5.76 Å². The summed E-state index contributed by atoms with van der Waals surface area (Å²) in [5, 5.41) is 9.03. The van der Waals surface area contributed by atoms with Crippen molar-refractivity contribution in [2.24, 2.45) is 0 Å². The predicted molar refractivity (Wildman–Crippen MR) is 51.7 cm³/mol. The quantitative estimate of drug-likeness (QED) is 0.736. The number of carbonyl (C=O) groups excluding carboxylic acids is 1. The van der Waals surface area contributed by atoms with Crippen molar-refractivity contribution in [3.8, 4) is 6.07 Å². The average molecular weight is 191 g/mol. The summed E-state index contributed by atoms with van der Waals surface area (Å²) in [6, 6.07) is 5.67. The summed E-state index contributed by atoms with van der Waals surface area (Å²) < 4.78 is 5.37. The van der Waals surface area contributed by atoms with Crippen LogP contribution in [0.2, 0.25) is 0 Å². The Hall–Kier alpha value is -1.56. The Bertz CT molecular complexity index is 386. The molecule has 1 rings (SSSR count). The number of furan rings is 1. The van der Waals surface area contributed by atoms with E-state index in [1.165, 1.54) is 6.92 Å². The average Bonchev–Trinajstić information content (AvgIpc) is 2.51. The van der Waals surface area contributed by atoms with Crippen LogP contribution in [-0.2, 0) is 10.2 Å². The molecule has 1 atom stereocenters. The summed E-state index contributed by atoms with van der Waals surface area (Å²) in [7, 11) is 0. The molecule has 0 saturated heterocycles. The fraction of sp³-hybridized carbons (Fsp3) is 0.455. The first-order valence-corrected chi connectivity index (χ1v) is 4.45. The Kier molecular flexibility index (Phi) is 2.76. The van der Waals surface area contributed by atoms with E-state index < -0.39 is 5.41 Å². The number of hydrogen-bond acceptors (Lipinski definition) is 3. The minimum Gasteiger partial charge on any atom is -0.465 e. The predicted octanol–water partition coefficient (Wildman–Crippen LogP) is 2.35. The first-order valence-electron chi connectivity index (χ1n) is 4.45. The highest BCUT2D eigenvalue weighted by molar-refractivity contribution is 5.77. The minimum absolute atomic E-state index is 0.0110. The van der Waals surface area contributed by atoms with Crippen LogP contribution >= 0.6 is 0 Å². The fourth-order valence-corrected chi connectivity index (χ4v) is 1.41. The number of nitriles is 1. The molecule has 0 spiro atoms. The van der Waals surface area contributed by atoms with Crippen molar-refractivity contribution < 1.29 is 9.21 Å². The largest absolute Gasteiger partial charge is 0.465 e. The second-order valence-corrected chi connectivity index (χ2v) is 3.73. The van der Waals surface area contributed by atoms with Crippen LogP contribution in [0.3, 0.4) is 0 Å². The molecule has 0 aliphatic heterocycles. The normalized spacial score (nSPS) is 14.4. The SMILES string of the molecule is CC(=O)CC(C)(C#N)c1ccc(C)o1. The smallest absolute Gasteiger partial charge is 0.131 e. The summed E-state index contributed by atoms with van der Waals surface area (Å²) >= 11 is 0. The second kappa shape index (κ2) is 3.67. The van der Waals surface area contributed by atoms with Crippen LogP contribution < -0.4 is 0 Å². The standard InChI is InChI=1S/C11H13NO2/c1-8(13)6-11(3,7-12)10-5-4-9(2)14-10/h4-5H,6H2,1-3H3. The molecule has 0 aromatic carbocycles. The molecule has 0 saturated carbocycles. The zero-order chi connectivity index (χ0) is 10.8. The van der Waals surface area contributed by atoms with Crippen LogP contribution in [0.15, 0.2) is 16.5 Å². The van der Waals surface area contributed by atoms with Crippen LogP contribution in [0, 0.1) is 18.3 Å². The molecular formula is C11H13NO2. The van der Waals surface area contributed by atoms with E-state index in [1.807, 2.05) is 6.92 Å². The van der Waals surface area contributed by atoms with Crippen molar-refractivity contribution in [2.45, 2.75) is 32.6 Å². The topological polar surface area (TPSA) is 54.0 Å². The summed E-state index contributed by atoms with van der Waals surface area (Å²) in [5.74, 6) is 1.31. The molecule has 74 valence electrons. The maximum Gasteiger partial charge on any atom is 0.131 e. The summed E-state index contributed by atoms with van der Waals surface area (Å²) in [5.41, 5.74) is -0.833. The van der Waals surface area contributed by atoms with Gasteiger partial charge >= 0.3 is 0 Å². The lowest BCUT2D eigenvalue weighted by Crippen LogP contribution is -2.22. The number of carbonyl (C=O) groups is 1. The molecular weight excluding hydrogens is 178 g/mol. The highest BCUT2D eigenvalue weighted by Gasteiger charge is 2.31. The third-order valence-corrected chi connectivity index (χ3v) is 2.13. The molecule has 3 heteroatoms. The van der Waals surface area contributed by atoms with E-state index in [2.05, 4.69) is 6.07 Å². The van der Waals surface area contributed by atoms with Gasteiger partial charge < -0.3 is 4.42 Å². The number of hydrogen-bond donors (Lipinski definition) is 0. The van der Waals surface area contributed by atoms with Crippen LogP contribution in [0.5, 0.6) is 0 Å². The lowest BCUT2D eigenvalue weighted by molar-refractivity contribution is -0.117. The Balaban J connectivity index is 3.02. The highest BCUT2D eigenvalue weighted by Crippen LogP contribution is 2.28. The molecule has 3 nitrogen and oxygen atoms in total. The van der Waals surface area contributed by atoms with Crippen molar-refractivity contribution in [3.05, 3.63) is 23.7 Å². The summed E-state index contributed by atoms with van der Waals surface area (Å²) in [6.45, 7) is 5.01. The summed E-state index contributed by atoms with van der Waals surface area (Å²) in [6.07, 6.45) is 0.191. The van der Waals surface area contributed by atoms with Gasteiger partial charge in [0.1, 0.15) is 22.7 Å². The molecule has 0 amide bonds. The minimum atomic E-state index is -0.833. The van der Waals surface area contributed by atoms with E-state index >= 15 is 0 Å². The fourth-order valence-electron chi connectivity index (χ4n) is 1.41. The van der Waals surface area contributed by atoms with E-state index in [1.54, 1.807) is 19.1 Å². The monoisotopic (exact) mass is 191 g/mol. The zero-order valence-corrected chi connectivity index (χ0v) is 8.63. The molecule has 0 N–H and O–H groups in total. The van der Waals surface area contributed by atoms with Crippen molar-refractivity contribution >= 4 is 5.78 Å². The Morgan fingerprint density at radius 2 is 2.29 bits per heavy atom. The number of aryl methyl sites for hydroxylation is 1. The zero-order valence-electron chi connectivity index (χ0n) is 8.63. The molecule has 0 bridgehead atoms. The molecule has 0 aliphatic rings. The number of Topliss-reactive ketones (excluding diaryl/α,β-unsaturated/α-hetero) is 1. The Morgan fingerprint density at radius 3 is 2.64 bits per heavy atom. The lowest BCUT2D eigenvalue weighted by atomic mass is 9.84. The third kappa shape index (κ3) is 2.02. The summed E-state index contributed by atoms with van der Waals surface area (Å²) in [4.78, 5) is 11.0. The van der Waals surface area contributed by atoms with Crippen molar-refractivity contribution in [1.82, 2.24) is 0 Å². The van der Waals surface area contributed by atoms with Gasteiger partial charge in [-0.15, -0.1) is 0 Å². The number of ketones is 1. The van der Waals surface area contributed by atoms with Crippen LogP contribution in [0.1, 0.15) is 31.8 Å². The van der Waals surface area contributed by atoms with Gasteiger partial charge in [-0.3, -0.25) is 4.79 Å². The van der Waals surface area contributed by atoms with Gasteiger partial charge in [0.05, 0.1) is 6.07 Å². The number of nitrogens with zero attached hydrogens (tertiary/aromatic N) is 1. The first-order chi connectivity index (χ1) is 6.48. The van der Waals surface area contributed by atoms with E-state index in [4.69, 9.17) is 9.68 Å². The number of rotatable bonds is 3. The van der Waals surface area contributed by atoms with E-state index in [0.29, 0.717) is 5.76 Å². The van der Waals surface area contributed by atoms with Gasteiger partial charge in [0.25, 0.3) is 0 Å². The van der Waals surface area contributed by atoms with Gasteiger partial charge in [-0.25, -0.2) is 0 Å². The van der Waals surface area contributed by atoms with E-state index in [9.17, 15) is 4.79 Å². The molecule has 1 aromatic heterocycles. The lowest BCUT2D eigenvalue weighted by Gasteiger charge is -2.16. The Morgan fingerprint density at radius 1 is 1.64 bits per heavy atom. The molecule has 14 heavy (non-hydrogen) atoms. The Labute approximate surface area is 83.3 Å². The first kappa shape index (κ1) is 10.5. The van der Waals surface area contributed by atoms with Crippen LogP contribution in [0.4, 0.5) is 0 Å². The van der Waals surface area contributed by atoms with Gasteiger partial charge in [0.15, 0.2) is 0 Å². The molecule has 1 aromatic rings. The van der Waals surface area contributed by atoms with Gasteiger partial charge in [0, 0.05) is 6.42 Å². The third-order valence-electron chi connectivity index (χ3n) is 2.13. The van der Waals surface area contributed by atoms with Gasteiger partial charge in [-0.05, 0) is 32.9 Å². The molecule has 1 heterocycles. The van der Waals surface area contributed by atoms with Crippen LogP contribution in [-0.4, -0.2) is 5.78 Å². The molecule has 1 unspecified atom stereocenters. The van der Waals surface area contributed by atoms with Gasteiger partial charge in [0.2, 0.25) is 0 Å². The van der Waals surface area contributed by atoms with Gasteiger partial charge in [-0.1, -0.05) is 0 Å². The van der Waals surface area contributed by atoms with Crippen molar-refractivity contribution in [2.75, 3.05) is 0 Å². The second-order valence-electron chi connectivity index (χ2n) is 3.73. The van der Waals surface area contributed by atoms with Crippen molar-refractivity contribution in [1.29, 1.82) is 5.26 Å². The molecule has 0 aliphatic carbocycles. The van der Waals surface area contributed by atoms with Crippen molar-refractivity contribution in [3.63, 3.8) is 0 Å². The van der Waals surface area contributed by atoms with Crippen LogP contribution in [0.25, 0.3) is 0 Å². The van der Waals surface area contributed by atoms with E-state index in [-0.39, 0.29) is 12.2 Å².